The minimum atomic E-state index is -0.118. The summed E-state index contributed by atoms with van der Waals surface area (Å²) < 4.78 is 13.2. The topological polar surface area (TPSA) is 12.0 Å². The van der Waals surface area contributed by atoms with E-state index < -0.39 is 0 Å². The van der Waals surface area contributed by atoms with E-state index >= 15 is 0 Å². The van der Waals surface area contributed by atoms with E-state index in [1.165, 1.54) is 6.07 Å². The minimum absolute atomic E-state index is 0.118. The van der Waals surface area contributed by atoms with Crippen molar-refractivity contribution in [2.45, 2.75) is 13.5 Å². The Bertz CT molecular complexity index is 289. The SMILES string of the molecule is CSCCNCc1cc(C)ccc1F. The molecule has 0 heterocycles. The second-order valence-electron chi connectivity index (χ2n) is 3.26. The molecule has 78 valence electrons. The van der Waals surface area contributed by atoms with Crippen LogP contribution in [0.2, 0.25) is 0 Å². The maximum Gasteiger partial charge on any atom is 0.127 e. The Morgan fingerprint density at radius 3 is 2.93 bits per heavy atom. The lowest BCUT2D eigenvalue weighted by Crippen LogP contribution is -2.17. The maximum absolute atomic E-state index is 13.2. The smallest absolute Gasteiger partial charge is 0.127 e. The van der Waals surface area contributed by atoms with Gasteiger partial charge in [0.15, 0.2) is 0 Å². The van der Waals surface area contributed by atoms with Crippen molar-refractivity contribution >= 4 is 11.8 Å². The van der Waals surface area contributed by atoms with Crippen molar-refractivity contribution in [3.05, 3.63) is 35.1 Å². The number of hydrogen-bond acceptors (Lipinski definition) is 2. The molecule has 0 aliphatic carbocycles. The molecule has 1 N–H and O–H groups in total. The lowest BCUT2D eigenvalue weighted by atomic mass is 10.1. The molecular formula is C11H16FNS. The van der Waals surface area contributed by atoms with E-state index in [2.05, 4.69) is 11.6 Å². The van der Waals surface area contributed by atoms with Crippen molar-refractivity contribution in [1.29, 1.82) is 0 Å². The van der Waals surface area contributed by atoms with Crippen molar-refractivity contribution in [2.24, 2.45) is 0 Å². The van der Waals surface area contributed by atoms with Crippen LogP contribution < -0.4 is 5.32 Å². The monoisotopic (exact) mass is 213 g/mol. The number of rotatable bonds is 5. The number of nitrogens with one attached hydrogen (secondary N) is 1. The van der Waals surface area contributed by atoms with Gasteiger partial charge in [0.05, 0.1) is 0 Å². The molecule has 0 unspecified atom stereocenters. The van der Waals surface area contributed by atoms with Gasteiger partial charge >= 0.3 is 0 Å². The van der Waals surface area contributed by atoms with Crippen LogP contribution in [0.25, 0.3) is 0 Å². The number of benzene rings is 1. The summed E-state index contributed by atoms with van der Waals surface area (Å²) in [5.74, 6) is 0.945. The minimum Gasteiger partial charge on any atom is -0.312 e. The van der Waals surface area contributed by atoms with Crippen LogP contribution in [0.4, 0.5) is 4.39 Å². The highest BCUT2D eigenvalue weighted by molar-refractivity contribution is 7.98. The van der Waals surface area contributed by atoms with Gasteiger partial charge in [-0.2, -0.15) is 11.8 Å². The average molecular weight is 213 g/mol. The van der Waals surface area contributed by atoms with Crippen LogP contribution in [-0.4, -0.2) is 18.6 Å². The standard InChI is InChI=1S/C11H16FNS/c1-9-3-4-11(12)10(7-9)8-13-5-6-14-2/h3-4,7,13H,5-6,8H2,1-2H3. The maximum atomic E-state index is 13.2. The van der Waals surface area contributed by atoms with Gasteiger partial charge < -0.3 is 5.32 Å². The Morgan fingerprint density at radius 2 is 2.21 bits per heavy atom. The van der Waals surface area contributed by atoms with Crippen molar-refractivity contribution in [3.63, 3.8) is 0 Å². The van der Waals surface area contributed by atoms with Gasteiger partial charge in [0.25, 0.3) is 0 Å². The summed E-state index contributed by atoms with van der Waals surface area (Å²) in [6.07, 6.45) is 2.06. The first-order valence-corrected chi connectivity index (χ1v) is 6.08. The predicted molar refractivity (Wildman–Crippen MR) is 61.2 cm³/mol. The van der Waals surface area contributed by atoms with Crippen LogP contribution in [0, 0.1) is 12.7 Å². The Morgan fingerprint density at radius 1 is 1.43 bits per heavy atom. The lowest BCUT2D eigenvalue weighted by molar-refractivity contribution is 0.593. The van der Waals surface area contributed by atoms with E-state index in [1.54, 1.807) is 17.8 Å². The summed E-state index contributed by atoms with van der Waals surface area (Å²) in [7, 11) is 0. The summed E-state index contributed by atoms with van der Waals surface area (Å²) in [6.45, 7) is 3.52. The quantitative estimate of drug-likeness (QED) is 0.754. The molecule has 1 rings (SSSR count). The molecule has 0 spiro atoms. The molecule has 1 aromatic carbocycles. The first-order valence-electron chi connectivity index (χ1n) is 4.68. The Labute approximate surface area is 89.1 Å². The molecule has 0 amide bonds. The lowest BCUT2D eigenvalue weighted by Gasteiger charge is -2.05. The number of halogens is 1. The second-order valence-corrected chi connectivity index (χ2v) is 4.25. The first kappa shape index (κ1) is 11.5. The van der Waals surface area contributed by atoms with E-state index in [4.69, 9.17) is 0 Å². The predicted octanol–water partition coefficient (Wildman–Crippen LogP) is 2.59. The van der Waals surface area contributed by atoms with Crippen LogP contribution in [-0.2, 0) is 6.54 Å². The van der Waals surface area contributed by atoms with Gasteiger partial charge in [-0.05, 0) is 19.2 Å². The molecule has 1 nitrogen and oxygen atoms in total. The molecule has 3 heteroatoms. The fraction of sp³-hybridized carbons (Fsp3) is 0.455. The molecule has 0 aromatic heterocycles. The molecule has 0 radical (unpaired) electrons. The van der Waals surface area contributed by atoms with E-state index in [0.29, 0.717) is 6.54 Å². The molecular weight excluding hydrogens is 197 g/mol. The second kappa shape index (κ2) is 6.04. The van der Waals surface area contributed by atoms with Crippen LogP contribution in [0.1, 0.15) is 11.1 Å². The zero-order valence-electron chi connectivity index (χ0n) is 8.64. The zero-order chi connectivity index (χ0) is 10.4. The molecule has 0 saturated carbocycles. The van der Waals surface area contributed by atoms with Gasteiger partial charge in [-0.1, -0.05) is 17.7 Å². The molecule has 14 heavy (non-hydrogen) atoms. The number of thioether (sulfide) groups is 1. The van der Waals surface area contributed by atoms with Gasteiger partial charge in [0.1, 0.15) is 5.82 Å². The van der Waals surface area contributed by atoms with Crippen LogP contribution >= 0.6 is 11.8 Å². The third kappa shape index (κ3) is 3.68. The highest BCUT2D eigenvalue weighted by Gasteiger charge is 2.00. The fourth-order valence-electron chi connectivity index (χ4n) is 1.24. The summed E-state index contributed by atoms with van der Waals surface area (Å²) in [5, 5.41) is 3.21. The molecule has 0 fully saturated rings. The van der Waals surface area contributed by atoms with Crippen LogP contribution in [0.5, 0.6) is 0 Å². The van der Waals surface area contributed by atoms with Crippen molar-refractivity contribution in [2.75, 3.05) is 18.6 Å². The molecule has 0 aliphatic rings. The summed E-state index contributed by atoms with van der Waals surface area (Å²) in [6, 6.07) is 5.21. The summed E-state index contributed by atoms with van der Waals surface area (Å²) in [4.78, 5) is 0. The number of aryl methyl sites for hydroxylation is 1. The summed E-state index contributed by atoms with van der Waals surface area (Å²) >= 11 is 1.79. The van der Waals surface area contributed by atoms with Gasteiger partial charge in [-0.15, -0.1) is 0 Å². The van der Waals surface area contributed by atoms with E-state index in [-0.39, 0.29) is 5.82 Å². The zero-order valence-corrected chi connectivity index (χ0v) is 9.46. The van der Waals surface area contributed by atoms with Gasteiger partial charge in [-0.3, -0.25) is 0 Å². The van der Waals surface area contributed by atoms with Crippen molar-refractivity contribution in [1.82, 2.24) is 5.32 Å². The van der Waals surface area contributed by atoms with Crippen LogP contribution in [0.3, 0.4) is 0 Å². The van der Waals surface area contributed by atoms with Crippen molar-refractivity contribution < 1.29 is 4.39 Å². The van der Waals surface area contributed by atoms with Gasteiger partial charge in [0, 0.05) is 24.4 Å². The number of hydrogen-bond donors (Lipinski definition) is 1. The van der Waals surface area contributed by atoms with E-state index in [0.717, 1.165) is 23.4 Å². The van der Waals surface area contributed by atoms with E-state index in [9.17, 15) is 4.39 Å². The third-order valence-electron chi connectivity index (χ3n) is 2.00. The molecule has 1 aromatic rings. The highest BCUT2D eigenvalue weighted by Crippen LogP contribution is 2.09. The molecule has 0 atom stereocenters. The third-order valence-corrected chi connectivity index (χ3v) is 2.61. The molecule has 0 saturated heterocycles. The fourth-order valence-corrected chi connectivity index (χ4v) is 1.58. The Kier molecular flexibility index (Phi) is 4.98. The van der Waals surface area contributed by atoms with Crippen LogP contribution in [0.15, 0.2) is 18.2 Å². The van der Waals surface area contributed by atoms with E-state index in [1.807, 2.05) is 13.0 Å². The van der Waals surface area contributed by atoms with Gasteiger partial charge in [0.2, 0.25) is 0 Å². The first-order chi connectivity index (χ1) is 6.74. The largest absolute Gasteiger partial charge is 0.312 e. The summed E-state index contributed by atoms with van der Waals surface area (Å²) in [5.41, 5.74) is 1.86. The Hall–Kier alpha value is -0.540. The van der Waals surface area contributed by atoms with Crippen molar-refractivity contribution in [3.8, 4) is 0 Å². The van der Waals surface area contributed by atoms with Gasteiger partial charge in [-0.25, -0.2) is 4.39 Å². The average Bonchev–Trinajstić information content (AvgIpc) is 2.18. The Balaban J connectivity index is 2.45. The normalized spacial score (nSPS) is 10.5. The molecule has 0 aliphatic heterocycles. The molecule has 0 bridgehead atoms. The highest BCUT2D eigenvalue weighted by atomic mass is 32.2.